The summed E-state index contributed by atoms with van der Waals surface area (Å²) in [5, 5.41) is 3.09. The first-order valence-electron chi connectivity index (χ1n) is 13.7. The number of rotatable bonds is 12. The lowest BCUT2D eigenvalue weighted by Crippen LogP contribution is -2.40. The van der Waals surface area contributed by atoms with Gasteiger partial charge in [0.05, 0.1) is 18.6 Å². The lowest BCUT2D eigenvalue weighted by atomic mass is 9.82. The van der Waals surface area contributed by atoms with Crippen molar-refractivity contribution in [3.05, 3.63) is 52.6 Å². The van der Waals surface area contributed by atoms with Gasteiger partial charge >= 0.3 is 0 Å². The Morgan fingerprint density at radius 2 is 1.69 bits per heavy atom. The lowest BCUT2D eigenvalue weighted by molar-refractivity contribution is -0.126. The summed E-state index contributed by atoms with van der Waals surface area (Å²) < 4.78 is 38.7. The van der Waals surface area contributed by atoms with Crippen molar-refractivity contribution in [2.45, 2.75) is 63.8 Å². The molecule has 2 aromatic carbocycles. The molecule has 0 atom stereocenters. The normalized spacial score (nSPS) is 17.7. The van der Waals surface area contributed by atoms with Crippen LogP contribution in [0.4, 0.5) is 5.69 Å². The number of carbonyl (C=O) groups is 1. The predicted molar refractivity (Wildman–Crippen MR) is 156 cm³/mol. The van der Waals surface area contributed by atoms with Crippen molar-refractivity contribution in [1.29, 1.82) is 0 Å². The highest BCUT2D eigenvalue weighted by atomic mass is 32.2. The molecule has 2 aromatic rings. The number of sulfonamides is 1. The Labute approximate surface area is 234 Å². The van der Waals surface area contributed by atoms with E-state index in [1.54, 1.807) is 27.0 Å². The third-order valence-electron chi connectivity index (χ3n) is 7.84. The minimum Gasteiger partial charge on any atom is -0.496 e. The molecular formula is C30H45N3O5S. The zero-order valence-electron chi connectivity index (χ0n) is 24.5. The quantitative estimate of drug-likeness (QED) is 0.392. The summed E-state index contributed by atoms with van der Waals surface area (Å²) in [7, 11) is 3.55. The predicted octanol–water partition coefficient (Wildman–Crippen LogP) is 4.24. The average molecular weight is 560 g/mol. The molecule has 1 saturated carbocycles. The minimum atomic E-state index is -3.71. The second-order valence-electron chi connectivity index (χ2n) is 10.9. The van der Waals surface area contributed by atoms with Crippen molar-refractivity contribution >= 4 is 21.6 Å². The van der Waals surface area contributed by atoms with Gasteiger partial charge in [0, 0.05) is 39.4 Å². The van der Waals surface area contributed by atoms with Crippen LogP contribution in [-0.4, -0.2) is 72.7 Å². The molecule has 3 rings (SSSR count). The van der Waals surface area contributed by atoms with Gasteiger partial charge in [-0.2, -0.15) is 4.31 Å². The van der Waals surface area contributed by atoms with Crippen molar-refractivity contribution in [1.82, 2.24) is 9.62 Å². The fourth-order valence-electron chi connectivity index (χ4n) is 5.48. The monoisotopic (exact) mass is 559 g/mol. The van der Waals surface area contributed by atoms with Gasteiger partial charge in [-0.3, -0.25) is 4.79 Å². The number of likely N-dealkylation sites (N-methyl/N-ethyl adjacent to an activating group) is 1. The van der Waals surface area contributed by atoms with Gasteiger partial charge in [-0.25, -0.2) is 8.42 Å². The van der Waals surface area contributed by atoms with Gasteiger partial charge in [-0.15, -0.1) is 0 Å². The summed E-state index contributed by atoms with van der Waals surface area (Å²) in [5.74, 6) is 1.14. The van der Waals surface area contributed by atoms with Crippen LogP contribution in [0.25, 0.3) is 0 Å². The summed E-state index contributed by atoms with van der Waals surface area (Å²) in [6.45, 7) is 5.62. The van der Waals surface area contributed by atoms with Gasteiger partial charge in [0.2, 0.25) is 15.9 Å². The third kappa shape index (κ3) is 7.74. The highest BCUT2D eigenvalue weighted by Crippen LogP contribution is 2.32. The van der Waals surface area contributed by atoms with E-state index in [0.29, 0.717) is 27.7 Å². The van der Waals surface area contributed by atoms with E-state index < -0.39 is 10.0 Å². The standard InChI is InChI=1S/C30H45N3O5S/c1-21-18-28(37-7)22(2)23(3)30(21)39(35,36)33(6)16-17-38-20-29(34)31-26-14-12-24(13-15-26)19-25-10-8-9-11-27(25)32(4)5/h8-11,18,24,26H,12-17,19-20H2,1-7H3,(H,31,34). The zero-order chi connectivity index (χ0) is 28.7. The van der Waals surface area contributed by atoms with Crippen LogP contribution in [0.1, 0.15) is 47.9 Å². The van der Waals surface area contributed by atoms with E-state index in [0.717, 1.165) is 37.7 Å². The molecular weight excluding hydrogens is 514 g/mol. The second kappa shape index (κ2) is 13.6. The Morgan fingerprint density at radius 3 is 2.33 bits per heavy atom. The van der Waals surface area contributed by atoms with E-state index in [1.165, 1.54) is 22.6 Å². The van der Waals surface area contributed by atoms with Crippen molar-refractivity contribution in [3.8, 4) is 5.75 Å². The molecule has 0 spiro atoms. The number of methoxy groups -OCH3 is 1. The highest BCUT2D eigenvalue weighted by Gasteiger charge is 2.27. The second-order valence-corrected chi connectivity index (χ2v) is 12.8. The fourth-order valence-corrected chi connectivity index (χ4v) is 7.11. The van der Waals surface area contributed by atoms with E-state index in [4.69, 9.17) is 9.47 Å². The number of amides is 1. The fraction of sp³-hybridized carbons (Fsp3) is 0.567. The zero-order valence-corrected chi connectivity index (χ0v) is 25.4. The summed E-state index contributed by atoms with van der Waals surface area (Å²) >= 11 is 0. The largest absolute Gasteiger partial charge is 0.496 e. The Kier molecular flexibility index (Phi) is 10.8. The maximum absolute atomic E-state index is 13.3. The summed E-state index contributed by atoms with van der Waals surface area (Å²) in [6, 6.07) is 10.5. The van der Waals surface area contributed by atoms with Gasteiger partial charge < -0.3 is 19.7 Å². The van der Waals surface area contributed by atoms with E-state index in [2.05, 4.69) is 48.6 Å². The maximum atomic E-state index is 13.3. The first-order chi connectivity index (χ1) is 18.4. The lowest BCUT2D eigenvalue weighted by Gasteiger charge is -2.30. The van der Waals surface area contributed by atoms with Crippen molar-refractivity contribution in [2.24, 2.45) is 5.92 Å². The van der Waals surface area contributed by atoms with Crippen LogP contribution in [0.15, 0.2) is 35.2 Å². The topological polar surface area (TPSA) is 88.2 Å². The van der Waals surface area contributed by atoms with Gasteiger partial charge in [-0.05, 0) is 93.2 Å². The number of benzene rings is 2. The smallest absolute Gasteiger partial charge is 0.246 e. The summed E-state index contributed by atoms with van der Waals surface area (Å²) in [6.07, 6.45) is 5.15. The number of aryl methyl sites for hydroxylation is 1. The first kappa shape index (κ1) is 30.9. The number of carbonyl (C=O) groups excluding carboxylic acids is 1. The first-order valence-corrected chi connectivity index (χ1v) is 15.1. The molecule has 1 fully saturated rings. The molecule has 1 aliphatic carbocycles. The number of ether oxygens (including phenoxy) is 2. The molecule has 1 amide bonds. The van der Waals surface area contributed by atoms with Crippen molar-refractivity contribution < 1.29 is 22.7 Å². The van der Waals surface area contributed by atoms with Crippen molar-refractivity contribution in [3.63, 3.8) is 0 Å². The number of nitrogens with one attached hydrogen (secondary N) is 1. The summed E-state index contributed by atoms with van der Waals surface area (Å²) in [5.41, 5.74) is 4.76. The molecule has 0 heterocycles. The molecule has 0 radical (unpaired) electrons. The molecule has 1 N–H and O–H groups in total. The van der Waals surface area contributed by atoms with Gasteiger partial charge in [-0.1, -0.05) is 18.2 Å². The van der Waals surface area contributed by atoms with Crippen LogP contribution in [0.3, 0.4) is 0 Å². The van der Waals surface area contributed by atoms with E-state index >= 15 is 0 Å². The SMILES string of the molecule is COc1cc(C)c(S(=O)(=O)N(C)CCOCC(=O)NC2CCC(Cc3ccccc3N(C)C)CC2)c(C)c1C. The Balaban J connectivity index is 1.42. The van der Waals surface area contributed by atoms with E-state index in [-0.39, 0.29) is 31.7 Å². The maximum Gasteiger partial charge on any atom is 0.246 e. The van der Waals surface area contributed by atoms with Crippen molar-refractivity contribution in [2.75, 3.05) is 52.9 Å². The van der Waals surface area contributed by atoms with Crippen LogP contribution in [0.2, 0.25) is 0 Å². The molecule has 8 nitrogen and oxygen atoms in total. The molecule has 0 aliphatic heterocycles. The minimum absolute atomic E-state index is 0.0796. The third-order valence-corrected chi connectivity index (χ3v) is 9.99. The van der Waals surface area contributed by atoms with Gasteiger partial charge in [0.25, 0.3) is 0 Å². The molecule has 9 heteroatoms. The molecule has 0 unspecified atom stereocenters. The Morgan fingerprint density at radius 1 is 1.03 bits per heavy atom. The van der Waals surface area contributed by atoms with Crippen LogP contribution >= 0.6 is 0 Å². The van der Waals surface area contributed by atoms with Crippen LogP contribution in [0, 0.1) is 26.7 Å². The molecule has 39 heavy (non-hydrogen) atoms. The van der Waals surface area contributed by atoms with E-state index in [1.807, 2.05) is 6.92 Å². The average Bonchev–Trinajstić information content (AvgIpc) is 2.89. The number of anilines is 1. The molecule has 0 saturated heterocycles. The Bertz CT molecular complexity index is 1240. The molecule has 1 aliphatic rings. The number of hydrogen-bond donors (Lipinski definition) is 1. The van der Waals surface area contributed by atoms with E-state index in [9.17, 15) is 13.2 Å². The number of hydrogen-bond acceptors (Lipinski definition) is 6. The number of nitrogens with zero attached hydrogens (tertiary/aromatic N) is 2. The van der Waals surface area contributed by atoms with Crippen LogP contribution in [0.5, 0.6) is 5.75 Å². The van der Waals surface area contributed by atoms with Crippen LogP contribution in [-0.2, 0) is 26.0 Å². The highest BCUT2D eigenvalue weighted by molar-refractivity contribution is 7.89. The molecule has 0 bridgehead atoms. The summed E-state index contributed by atoms with van der Waals surface area (Å²) in [4.78, 5) is 14.9. The van der Waals surface area contributed by atoms with Gasteiger partial charge in [0.15, 0.2) is 0 Å². The molecule has 0 aromatic heterocycles. The molecule has 216 valence electrons. The Hall–Kier alpha value is -2.62. The van der Waals surface area contributed by atoms with Crippen LogP contribution < -0.4 is 15.0 Å². The van der Waals surface area contributed by atoms with Gasteiger partial charge in [0.1, 0.15) is 12.4 Å². The number of para-hydroxylation sites is 1.